The lowest BCUT2D eigenvalue weighted by atomic mass is 10.1. The Hall–Kier alpha value is -3.37. The van der Waals surface area contributed by atoms with E-state index in [0.717, 1.165) is 27.5 Å². The molecule has 0 radical (unpaired) electrons. The molecule has 4 nitrogen and oxygen atoms in total. The van der Waals surface area contributed by atoms with E-state index in [1.54, 1.807) is 0 Å². The zero-order chi connectivity index (χ0) is 14.7. The van der Waals surface area contributed by atoms with Crippen molar-refractivity contribution in [3.05, 3.63) is 60.3 Å². The average Bonchev–Trinajstić information content (AvgIpc) is 2.54. The van der Waals surface area contributed by atoms with Gasteiger partial charge in [0.05, 0.1) is 16.7 Å². The van der Waals surface area contributed by atoms with Crippen molar-refractivity contribution in [1.29, 1.82) is 10.5 Å². The van der Waals surface area contributed by atoms with Gasteiger partial charge in [-0.15, -0.1) is 0 Å². The highest BCUT2D eigenvalue weighted by molar-refractivity contribution is 5.98. The monoisotopic (exact) mass is 270 g/mol. The minimum Gasteiger partial charge on any atom is -0.358 e. The Kier molecular flexibility index (Phi) is 3.21. The van der Waals surface area contributed by atoms with Crippen LogP contribution in [0.5, 0.6) is 0 Å². The number of benzene rings is 2. The quantitative estimate of drug-likeness (QED) is 0.568. The predicted molar refractivity (Wildman–Crippen MR) is 82.2 cm³/mol. The summed E-state index contributed by atoms with van der Waals surface area (Å²) in [5, 5.41) is 22.6. The van der Waals surface area contributed by atoms with Crippen LogP contribution in [0.25, 0.3) is 21.8 Å². The molecule has 0 amide bonds. The van der Waals surface area contributed by atoms with Gasteiger partial charge in [-0.2, -0.15) is 10.5 Å². The van der Waals surface area contributed by atoms with Crippen LogP contribution in [-0.2, 0) is 0 Å². The normalized spacial score (nSPS) is 9.81. The van der Waals surface area contributed by atoms with Crippen molar-refractivity contribution in [1.82, 2.24) is 4.98 Å². The van der Waals surface area contributed by atoms with Gasteiger partial charge in [-0.1, -0.05) is 30.3 Å². The Balaban J connectivity index is 2.16. The first-order valence-corrected chi connectivity index (χ1v) is 6.37. The molecule has 0 bridgehead atoms. The maximum Gasteiger partial charge on any atom is 0.145 e. The summed E-state index contributed by atoms with van der Waals surface area (Å²) in [4.78, 5) is 4.65. The van der Waals surface area contributed by atoms with E-state index in [1.165, 1.54) is 6.20 Å². The van der Waals surface area contributed by atoms with Gasteiger partial charge in [0.2, 0.25) is 0 Å². The second-order valence-corrected chi connectivity index (χ2v) is 4.48. The van der Waals surface area contributed by atoms with Gasteiger partial charge in [0, 0.05) is 17.0 Å². The zero-order valence-corrected chi connectivity index (χ0v) is 11.0. The highest BCUT2D eigenvalue weighted by atomic mass is 14.9. The molecule has 0 aliphatic heterocycles. The molecule has 21 heavy (non-hydrogen) atoms. The van der Waals surface area contributed by atoms with E-state index >= 15 is 0 Å². The fraction of sp³-hybridized carbons (Fsp3) is 0. The van der Waals surface area contributed by atoms with E-state index in [1.807, 2.05) is 54.6 Å². The maximum absolute atomic E-state index is 8.76. The van der Waals surface area contributed by atoms with Gasteiger partial charge in [0.15, 0.2) is 0 Å². The van der Waals surface area contributed by atoms with E-state index in [-0.39, 0.29) is 5.57 Å². The Morgan fingerprint density at radius 3 is 2.57 bits per heavy atom. The van der Waals surface area contributed by atoms with E-state index in [0.29, 0.717) is 0 Å². The van der Waals surface area contributed by atoms with Crippen LogP contribution in [0, 0.1) is 22.7 Å². The second kappa shape index (κ2) is 5.32. The van der Waals surface area contributed by atoms with Gasteiger partial charge in [0.25, 0.3) is 0 Å². The van der Waals surface area contributed by atoms with Gasteiger partial charge in [0.1, 0.15) is 17.7 Å². The van der Waals surface area contributed by atoms with Crippen molar-refractivity contribution in [2.24, 2.45) is 0 Å². The molecule has 2 aromatic carbocycles. The molecule has 3 rings (SSSR count). The van der Waals surface area contributed by atoms with Gasteiger partial charge >= 0.3 is 0 Å². The average molecular weight is 270 g/mol. The lowest BCUT2D eigenvalue weighted by molar-refractivity contribution is 1.44. The molecule has 98 valence electrons. The minimum absolute atomic E-state index is 0.0211. The van der Waals surface area contributed by atoms with Gasteiger partial charge < -0.3 is 5.32 Å². The SMILES string of the molecule is N#CC(C#N)=CNc1cccc2cc3ccccc3nc12. The number of nitriles is 2. The first kappa shape index (κ1) is 12.7. The number of allylic oxidation sites excluding steroid dienone is 1. The standard InChI is InChI=1S/C17H10N4/c18-9-12(10-19)11-20-16-7-3-5-14-8-13-4-1-2-6-15(13)21-17(14)16/h1-8,11,20H. The summed E-state index contributed by atoms with van der Waals surface area (Å²) in [6.45, 7) is 0. The largest absolute Gasteiger partial charge is 0.358 e. The van der Waals surface area contributed by atoms with Crippen LogP contribution < -0.4 is 5.32 Å². The van der Waals surface area contributed by atoms with E-state index in [2.05, 4.69) is 16.4 Å². The molecule has 0 spiro atoms. The molecule has 4 heteroatoms. The summed E-state index contributed by atoms with van der Waals surface area (Å²) in [5.74, 6) is 0. The smallest absolute Gasteiger partial charge is 0.145 e. The number of nitrogens with zero attached hydrogens (tertiary/aromatic N) is 3. The molecule has 0 fully saturated rings. The number of rotatable bonds is 2. The Morgan fingerprint density at radius 2 is 1.76 bits per heavy atom. The van der Waals surface area contributed by atoms with Crippen molar-refractivity contribution < 1.29 is 0 Å². The van der Waals surface area contributed by atoms with Crippen LogP contribution in [-0.4, -0.2) is 4.98 Å². The number of anilines is 1. The molecule has 1 aromatic heterocycles. The van der Waals surface area contributed by atoms with Crippen molar-refractivity contribution >= 4 is 27.5 Å². The number of para-hydroxylation sites is 2. The third-order valence-electron chi connectivity index (χ3n) is 3.16. The lowest BCUT2D eigenvalue weighted by Gasteiger charge is -2.07. The number of fused-ring (bicyclic) bond motifs is 2. The topological polar surface area (TPSA) is 72.5 Å². The van der Waals surface area contributed by atoms with Gasteiger partial charge in [-0.05, 0) is 18.2 Å². The summed E-state index contributed by atoms with van der Waals surface area (Å²) >= 11 is 0. The number of aromatic nitrogens is 1. The van der Waals surface area contributed by atoms with Gasteiger partial charge in [-0.3, -0.25) is 0 Å². The molecule has 1 N–H and O–H groups in total. The lowest BCUT2D eigenvalue weighted by Crippen LogP contribution is -1.93. The number of nitrogens with one attached hydrogen (secondary N) is 1. The van der Waals surface area contributed by atoms with Crippen LogP contribution in [0.3, 0.4) is 0 Å². The fourth-order valence-electron chi connectivity index (χ4n) is 2.16. The van der Waals surface area contributed by atoms with Crippen LogP contribution in [0.4, 0.5) is 5.69 Å². The van der Waals surface area contributed by atoms with Crippen molar-refractivity contribution in [2.75, 3.05) is 5.32 Å². The highest BCUT2D eigenvalue weighted by Crippen LogP contribution is 2.25. The van der Waals surface area contributed by atoms with Crippen LogP contribution in [0.15, 0.2) is 60.3 Å². The Bertz CT molecular complexity index is 926. The highest BCUT2D eigenvalue weighted by Gasteiger charge is 2.04. The Morgan fingerprint density at radius 1 is 1.00 bits per heavy atom. The zero-order valence-electron chi connectivity index (χ0n) is 11.0. The minimum atomic E-state index is 0.0211. The fourth-order valence-corrected chi connectivity index (χ4v) is 2.16. The molecular formula is C17H10N4. The molecule has 0 aliphatic carbocycles. The molecule has 0 unspecified atom stereocenters. The van der Waals surface area contributed by atoms with Crippen molar-refractivity contribution in [2.45, 2.75) is 0 Å². The summed E-state index contributed by atoms with van der Waals surface area (Å²) < 4.78 is 0. The van der Waals surface area contributed by atoms with Crippen molar-refractivity contribution in [3.63, 3.8) is 0 Å². The predicted octanol–water partition coefficient (Wildman–Crippen LogP) is 3.73. The Labute approximate surface area is 121 Å². The summed E-state index contributed by atoms with van der Waals surface area (Å²) in [7, 11) is 0. The van der Waals surface area contributed by atoms with Crippen molar-refractivity contribution in [3.8, 4) is 12.1 Å². The van der Waals surface area contributed by atoms with Crippen LogP contribution in [0.1, 0.15) is 0 Å². The second-order valence-electron chi connectivity index (χ2n) is 4.48. The van der Waals surface area contributed by atoms with Crippen LogP contribution >= 0.6 is 0 Å². The molecule has 1 heterocycles. The third-order valence-corrected chi connectivity index (χ3v) is 3.16. The molecular weight excluding hydrogens is 260 g/mol. The summed E-state index contributed by atoms with van der Waals surface area (Å²) in [6.07, 6.45) is 1.39. The first-order valence-electron chi connectivity index (χ1n) is 6.37. The maximum atomic E-state index is 8.76. The van der Waals surface area contributed by atoms with E-state index in [9.17, 15) is 0 Å². The van der Waals surface area contributed by atoms with Crippen LogP contribution in [0.2, 0.25) is 0 Å². The number of pyridine rings is 1. The first-order chi connectivity index (χ1) is 10.3. The number of hydrogen-bond acceptors (Lipinski definition) is 4. The summed E-state index contributed by atoms with van der Waals surface area (Å²) in [6, 6.07) is 19.4. The number of hydrogen-bond donors (Lipinski definition) is 1. The van der Waals surface area contributed by atoms with E-state index < -0.39 is 0 Å². The molecule has 0 saturated heterocycles. The molecule has 0 atom stereocenters. The van der Waals surface area contributed by atoms with Gasteiger partial charge in [-0.25, -0.2) is 4.98 Å². The molecule has 0 saturated carbocycles. The molecule has 0 aliphatic rings. The molecule has 3 aromatic rings. The van der Waals surface area contributed by atoms with E-state index in [4.69, 9.17) is 10.5 Å². The third kappa shape index (κ3) is 2.39. The summed E-state index contributed by atoms with van der Waals surface area (Å²) in [5.41, 5.74) is 2.50.